The first kappa shape index (κ1) is 12.7. The molecule has 0 nitrogen and oxygen atoms in total. The normalized spacial score (nSPS) is 29.3. The minimum Gasteiger partial charge on any atom is -0.0625 e. The maximum absolute atomic E-state index is 2.48. The molecule has 1 aliphatic rings. The lowest BCUT2D eigenvalue weighted by atomic mass is 9.69. The monoisotopic (exact) mass is 230 g/mol. The topological polar surface area (TPSA) is 0 Å². The average molecular weight is 230 g/mol. The molecule has 0 unspecified atom stereocenters. The molecule has 0 bridgehead atoms. The van der Waals surface area contributed by atoms with Gasteiger partial charge in [-0.3, -0.25) is 0 Å². The van der Waals surface area contributed by atoms with Crippen LogP contribution in [0.4, 0.5) is 0 Å². The van der Waals surface area contributed by atoms with Crippen molar-refractivity contribution in [3.8, 4) is 0 Å². The van der Waals surface area contributed by atoms with E-state index in [1.165, 1.54) is 48.8 Å². The van der Waals surface area contributed by atoms with Crippen molar-refractivity contribution in [3.05, 3.63) is 34.9 Å². The zero-order valence-electron chi connectivity index (χ0n) is 11.8. The quantitative estimate of drug-likeness (QED) is 0.666. The van der Waals surface area contributed by atoms with Gasteiger partial charge in [0.2, 0.25) is 0 Å². The van der Waals surface area contributed by atoms with Gasteiger partial charge in [-0.1, -0.05) is 44.9 Å². The second-order valence-corrected chi connectivity index (χ2v) is 6.59. The fourth-order valence-corrected chi connectivity index (χ4v) is 3.04. The Kier molecular flexibility index (Phi) is 3.61. The van der Waals surface area contributed by atoms with Crippen LogP contribution in [-0.4, -0.2) is 0 Å². The average Bonchev–Trinajstić information content (AvgIpc) is 2.28. The number of rotatable bonds is 2. The summed E-state index contributed by atoms with van der Waals surface area (Å²) in [6.07, 6.45) is 6.91. The maximum Gasteiger partial charge on any atom is -0.0224 e. The predicted octanol–water partition coefficient (Wildman–Crippen LogP) is 5.06. The van der Waals surface area contributed by atoms with Crippen molar-refractivity contribution in [2.45, 2.75) is 59.8 Å². The van der Waals surface area contributed by atoms with E-state index in [9.17, 15) is 0 Å². The van der Waals surface area contributed by atoms with Gasteiger partial charge >= 0.3 is 0 Å². The van der Waals surface area contributed by atoms with Crippen LogP contribution in [0.5, 0.6) is 0 Å². The summed E-state index contributed by atoms with van der Waals surface area (Å²) in [7, 11) is 0. The zero-order valence-corrected chi connectivity index (χ0v) is 11.8. The highest BCUT2D eigenvalue weighted by Gasteiger charge is 2.29. The van der Waals surface area contributed by atoms with Crippen molar-refractivity contribution < 1.29 is 0 Å². The molecule has 0 heterocycles. The van der Waals surface area contributed by atoms with Crippen molar-refractivity contribution in [3.63, 3.8) is 0 Å². The van der Waals surface area contributed by atoms with Crippen molar-refractivity contribution >= 4 is 0 Å². The third-order valence-corrected chi connectivity index (χ3v) is 4.68. The molecule has 2 rings (SSSR count). The maximum atomic E-state index is 2.48. The summed E-state index contributed by atoms with van der Waals surface area (Å²) in [5.41, 5.74) is 4.94. The minimum atomic E-state index is 0.550. The molecular formula is C17H26. The van der Waals surface area contributed by atoms with Crippen LogP contribution in [-0.2, 0) is 6.42 Å². The highest BCUT2D eigenvalue weighted by atomic mass is 14.3. The van der Waals surface area contributed by atoms with Crippen LogP contribution in [0.15, 0.2) is 18.2 Å². The molecule has 17 heavy (non-hydrogen) atoms. The molecule has 0 aromatic heterocycles. The highest BCUT2D eigenvalue weighted by molar-refractivity contribution is 5.30. The van der Waals surface area contributed by atoms with Crippen LogP contribution in [0.2, 0.25) is 0 Å². The van der Waals surface area contributed by atoms with E-state index in [1.54, 1.807) is 0 Å². The molecule has 1 aliphatic carbocycles. The van der Waals surface area contributed by atoms with Gasteiger partial charge in [-0.15, -0.1) is 0 Å². The van der Waals surface area contributed by atoms with Crippen molar-refractivity contribution in [1.29, 1.82) is 0 Å². The lowest BCUT2D eigenvalue weighted by molar-refractivity contribution is 0.177. The molecule has 1 aromatic rings. The third kappa shape index (κ3) is 3.12. The van der Waals surface area contributed by atoms with E-state index < -0.39 is 0 Å². The second kappa shape index (κ2) is 4.84. The lowest BCUT2D eigenvalue weighted by Gasteiger charge is -2.36. The molecule has 1 aromatic carbocycles. The molecule has 0 heteroatoms. The molecule has 1 saturated carbocycles. The first-order valence-corrected chi connectivity index (χ1v) is 7.05. The molecule has 94 valence electrons. The van der Waals surface area contributed by atoms with E-state index in [4.69, 9.17) is 0 Å². The fourth-order valence-electron chi connectivity index (χ4n) is 3.04. The summed E-state index contributed by atoms with van der Waals surface area (Å²) in [5, 5.41) is 0. The van der Waals surface area contributed by atoms with Gasteiger partial charge in [0.05, 0.1) is 0 Å². The van der Waals surface area contributed by atoms with E-state index in [1.807, 2.05) is 0 Å². The summed E-state index contributed by atoms with van der Waals surface area (Å²) in [5.74, 6) is 0.947. The lowest BCUT2D eigenvalue weighted by Crippen LogP contribution is -2.25. The minimum absolute atomic E-state index is 0.550. The van der Waals surface area contributed by atoms with Gasteiger partial charge in [0, 0.05) is 0 Å². The van der Waals surface area contributed by atoms with E-state index >= 15 is 0 Å². The first-order valence-electron chi connectivity index (χ1n) is 7.05. The summed E-state index contributed by atoms with van der Waals surface area (Å²) in [6.45, 7) is 9.30. The Morgan fingerprint density at radius 1 is 1.12 bits per heavy atom. The number of hydrogen-bond donors (Lipinski definition) is 0. The van der Waals surface area contributed by atoms with E-state index in [0.29, 0.717) is 5.41 Å². The standard InChI is InChI=1S/C17H26/c1-13-7-9-17(4,10-8-13)12-16-6-5-14(2)15(3)11-16/h5-6,11,13H,7-10,12H2,1-4H3. The van der Waals surface area contributed by atoms with Crippen molar-refractivity contribution in [2.75, 3.05) is 0 Å². The van der Waals surface area contributed by atoms with E-state index in [-0.39, 0.29) is 0 Å². The Labute approximate surface area is 106 Å². The Balaban J connectivity index is 2.07. The van der Waals surface area contributed by atoms with Gasteiger partial charge in [-0.05, 0) is 61.1 Å². The van der Waals surface area contributed by atoms with Gasteiger partial charge in [0.15, 0.2) is 0 Å². The molecule has 1 fully saturated rings. The molecule has 0 atom stereocenters. The van der Waals surface area contributed by atoms with Crippen LogP contribution in [0.25, 0.3) is 0 Å². The summed E-state index contributed by atoms with van der Waals surface area (Å²) < 4.78 is 0. The summed E-state index contributed by atoms with van der Waals surface area (Å²) in [4.78, 5) is 0. The molecule has 0 N–H and O–H groups in total. The first-order chi connectivity index (χ1) is 7.98. The highest BCUT2D eigenvalue weighted by Crippen LogP contribution is 2.41. The number of benzene rings is 1. The molecule has 0 saturated heterocycles. The van der Waals surface area contributed by atoms with E-state index in [2.05, 4.69) is 45.9 Å². The smallest absolute Gasteiger partial charge is 0.0224 e. The van der Waals surface area contributed by atoms with Crippen LogP contribution in [0, 0.1) is 25.2 Å². The van der Waals surface area contributed by atoms with Gasteiger partial charge in [0.1, 0.15) is 0 Å². The van der Waals surface area contributed by atoms with Crippen LogP contribution in [0.1, 0.15) is 56.2 Å². The second-order valence-electron chi connectivity index (χ2n) is 6.59. The zero-order chi connectivity index (χ0) is 12.5. The largest absolute Gasteiger partial charge is 0.0625 e. The summed E-state index contributed by atoms with van der Waals surface area (Å²) >= 11 is 0. The number of hydrogen-bond acceptors (Lipinski definition) is 0. The molecule has 0 spiro atoms. The van der Waals surface area contributed by atoms with Crippen LogP contribution in [0.3, 0.4) is 0 Å². The van der Waals surface area contributed by atoms with E-state index in [0.717, 1.165) is 5.92 Å². The van der Waals surface area contributed by atoms with Gasteiger partial charge in [-0.25, -0.2) is 0 Å². The van der Waals surface area contributed by atoms with Gasteiger partial charge in [-0.2, -0.15) is 0 Å². The summed E-state index contributed by atoms with van der Waals surface area (Å²) in [6, 6.07) is 6.99. The van der Waals surface area contributed by atoms with Gasteiger partial charge in [0.25, 0.3) is 0 Å². The Hall–Kier alpha value is -0.780. The Morgan fingerprint density at radius 3 is 2.35 bits per heavy atom. The molecule has 0 aliphatic heterocycles. The number of aryl methyl sites for hydroxylation is 2. The molecular weight excluding hydrogens is 204 g/mol. The van der Waals surface area contributed by atoms with Gasteiger partial charge < -0.3 is 0 Å². The van der Waals surface area contributed by atoms with Crippen LogP contribution < -0.4 is 0 Å². The Morgan fingerprint density at radius 2 is 1.76 bits per heavy atom. The molecule has 0 radical (unpaired) electrons. The fraction of sp³-hybridized carbons (Fsp3) is 0.647. The molecule has 0 amide bonds. The predicted molar refractivity (Wildman–Crippen MR) is 75.4 cm³/mol. The SMILES string of the molecule is Cc1ccc(CC2(C)CCC(C)CC2)cc1C. The van der Waals surface area contributed by atoms with Crippen molar-refractivity contribution in [1.82, 2.24) is 0 Å². The Bertz CT molecular complexity index is 381. The third-order valence-electron chi connectivity index (χ3n) is 4.68. The van der Waals surface area contributed by atoms with Crippen LogP contribution >= 0.6 is 0 Å². The van der Waals surface area contributed by atoms with Crippen molar-refractivity contribution in [2.24, 2.45) is 11.3 Å².